The molecule has 0 saturated heterocycles. The summed E-state index contributed by atoms with van der Waals surface area (Å²) in [6, 6.07) is 19.0. The lowest BCUT2D eigenvalue weighted by atomic mass is 9.94. The molecule has 0 atom stereocenters. The molecule has 0 fully saturated rings. The summed E-state index contributed by atoms with van der Waals surface area (Å²) in [6.07, 6.45) is 1.13. The second-order valence-corrected chi connectivity index (χ2v) is 6.65. The molecule has 0 amide bonds. The number of hydrogen-bond donors (Lipinski definition) is 0. The number of nitrogens with zero attached hydrogens (tertiary/aromatic N) is 2. The Morgan fingerprint density at radius 2 is 1.36 bits per heavy atom. The van der Waals surface area contributed by atoms with Gasteiger partial charge in [-0.2, -0.15) is 10.5 Å². The maximum Gasteiger partial charge on any atom is 0.175 e. The Hall–Kier alpha value is -2.89. The zero-order valence-electron chi connectivity index (χ0n) is 11.8. The molecule has 0 spiro atoms. The van der Waals surface area contributed by atoms with Gasteiger partial charge in [0.25, 0.3) is 0 Å². The molecule has 5 heteroatoms. The Morgan fingerprint density at radius 3 is 1.82 bits per heavy atom. The van der Waals surface area contributed by atoms with Crippen LogP contribution in [0.25, 0.3) is 5.57 Å². The molecular weight excluding hydrogens is 296 g/mol. The van der Waals surface area contributed by atoms with Gasteiger partial charge in [-0.3, -0.25) is 0 Å². The zero-order chi connectivity index (χ0) is 16.2. The lowest BCUT2D eigenvalue weighted by molar-refractivity contribution is 0.602. The maximum atomic E-state index is 11.5. The van der Waals surface area contributed by atoms with Gasteiger partial charge in [-0.25, -0.2) is 8.42 Å². The molecule has 2 rings (SSSR count). The van der Waals surface area contributed by atoms with E-state index in [1.54, 1.807) is 24.3 Å². The number of allylic oxidation sites excluding steroid dienone is 1. The van der Waals surface area contributed by atoms with Crippen molar-refractivity contribution in [1.29, 1.82) is 10.5 Å². The molecule has 108 valence electrons. The van der Waals surface area contributed by atoms with Crippen LogP contribution in [0.1, 0.15) is 11.1 Å². The van der Waals surface area contributed by atoms with Gasteiger partial charge in [-0.05, 0) is 23.3 Å². The average Bonchev–Trinajstić information content (AvgIpc) is 2.52. The van der Waals surface area contributed by atoms with E-state index in [1.165, 1.54) is 12.1 Å². The van der Waals surface area contributed by atoms with Crippen LogP contribution in [-0.4, -0.2) is 14.7 Å². The third-order valence-electron chi connectivity index (χ3n) is 3.11. The molecule has 4 nitrogen and oxygen atoms in total. The highest BCUT2D eigenvalue weighted by Gasteiger charge is 2.13. The van der Waals surface area contributed by atoms with Crippen LogP contribution in [0.5, 0.6) is 0 Å². The fourth-order valence-corrected chi connectivity index (χ4v) is 2.70. The van der Waals surface area contributed by atoms with E-state index in [9.17, 15) is 18.9 Å². The molecule has 0 radical (unpaired) electrons. The van der Waals surface area contributed by atoms with Crippen molar-refractivity contribution in [2.45, 2.75) is 4.90 Å². The first-order chi connectivity index (χ1) is 10.5. The van der Waals surface area contributed by atoms with Crippen molar-refractivity contribution in [2.24, 2.45) is 0 Å². The monoisotopic (exact) mass is 308 g/mol. The smallest absolute Gasteiger partial charge is 0.175 e. The molecule has 0 N–H and O–H groups in total. The summed E-state index contributed by atoms with van der Waals surface area (Å²) in [5, 5.41) is 18.4. The first-order valence-electron chi connectivity index (χ1n) is 6.37. The number of rotatable bonds is 3. The fourth-order valence-electron chi connectivity index (χ4n) is 2.07. The van der Waals surface area contributed by atoms with E-state index < -0.39 is 9.84 Å². The van der Waals surface area contributed by atoms with Crippen LogP contribution < -0.4 is 0 Å². The van der Waals surface area contributed by atoms with E-state index in [4.69, 9.17) is 0 Å². The quantitative estimate of drug-likeness (QED) is 0.816. The van der Waals surface area contributed by atoms with E-state index in [2.05, 4.69) is 0 Å². The number of benzene rings is 2. The molecular formula is C17H12N2O2S. The van der Waals surface area contributed by atoms with Gasteiger partial charge in [0.1, 0.15) is 17.7 Å². The van der Waals surface area contributed by atoms with E-state index >= 15 is 0 Å². The van der Waals surface area contributed by atoms with Gasteiger partial charge in [0.2, 0.25) is 0 Å². The molecule has 2 aromatic carbocycles. The lowest BCUT2D eigenvalue weighted by Gasteiger charge is -2.09. The van der Waals surface area contributed by atoms with Crippen molar-refractivity contribution in [3.8, 4) is 12.1 Å². The molecule has 2 aromatic rings. The molecule has 0 aliphatic carbocycles. The Kier molecular flexibility index (Phi) is 4.41. The third kappa shape index (κ3) is 3.22. The summed E-state index contributed by atoms with van der Waals surface area (Å²) in [6.45, 7) is 0. The molecule has 0 bridgehead atoms. The predicted molar refractivity (Wildman–Crippen MR) is 83.2 cm³/mol. The summed E-state index contributed by atoms with van der Waals surface area (Å²) in [7, 11) is -3.29. The van der Waals surface area contributed by atoms with Crippen molar-refractivity contribution in [2.75, 3.05) is 6.26 Å². The Labute approximate surface area is 129 Å². The largest absolute Gasteiger partial charge is 0.224 e. The van der Waals surface area contributed by atoms with Gasteiger partial charge < -0.3 is 0 Å². The van der Waals surface area contributed by atoms with Gasteiger partial charge in [-0.15, -0.1) is 0 Å². The van der Waals surface area contributed by atoms with Crippen LogP contribution in [0.2, 0.25) is 0 Å². The SMILES string of the molecule is CS(=O)(=O)c1ccc(C(=C(C#N)C#N)c2ccccc2)cc1. The van der Waals surface area contributed by atoms with Gasteiger partial charge in [0, 0.05) is 11.8 Å². The Bertz CT molecular complexity index is 882. The van der Waals surface area contributed by atoms with E-state index in [0.717, 1.165) is 11.8 Å². The molecule has 22 heavy (non-hydrogen) atoms. The first-order valence-corrected chi connectivity index (χ1v) is 8.27. The van der Waals surface area contributed by atoms with Crippen molar-refractivity contribution < 1.29 is 8.42 Å². The van der Waals surface area contributed by atoms with Crippen molar-refractivity contribution >= 4 is 15.4 Å². The highest BCUT2D eigenvalue weighted by atomic mass is 32.2. The summed E-state index contributed by atoms with van der Waals surface area (Å²) < 4.78 is 23.0. The van der Waals surface area contributed by atoms with Gasteiger partial charge in [0.15, 0.2) is 9.84 Å². The topological polar surface area (TPSA) is 81.7 Å². The minimum absolute atomic E-state index is 0.0155. The second-order valence-electron chi connectivity index (χ2n) is 4.64. The van der Waals surface area contributed by atoms with Crippen LogP contribution in [0.3, 0.4) is 0 Å². The van der Waals surface area contributed by atoms with Crippen molar-refractivity contribution in [1.82, 2.24) is 0 Å². The standard InChI is InChI=1S/C17H12N2O2S/c1-22(20,21)16-9-7-14(8-10-16)17(15(11-18)12-19)13-5-3-2-4-6-13/h2-10H,1H3. The third-order valence-corrected chi connectivity index (χ3v) is 4.24. The highest BCUT2D eigenvalue weighted by molar-refractivity contribution is 7.90. The van der Waals surface area contributed by atoms with Crippen LogP contribution in [-0.2, 0) is 9.84 Å². The fraction of sp³-hybridized carbons (Fsp3) is 0.0588. The van der Waals surface area contributed by atoms with Crippen LogP contribution >= 0.6 is 0 Å². The Balaban J connectivity index is 2.66. The van der Waals surface area contributed by atoms with Crippen molar-refractivity contribution in [3.63, 3.8) is 0 Å². The Morgan fingerprint density at radius 1 is 0.864 bits per heavy atom. The molecule has 0 unspecified atom stereocenters. The number of sulfone groups is 1. The summed E-state index contributed by atoms with van der Waals surface area (Å²) in [5.41, 5.74) is 1.83. The lowest BCUT2D eigenvalue weighted by Crippen LogP contribution is -1.98. The second kappa shape index (κ2) is 6.26. The van der Waals surface area contributed by atoms with Crippen LogP contribution in [0, 0.1) is 22.7 Å². The van der Waals surface area contributed by atoms with Crippen LogP contribution in [0.4, 0.5) is 0 Å². The summed E-state index contributed by atoms with van der Waals surface area (Å²) in [4.78, 5) is 0.194. The minimum Gasteiger partial charge on any atom is -0.224 e. The average molecular weight is 308 g/mol. The highest BCUT2D eigenvalue weighted by Crippen LogP contribution is 2.27. The minimum atomic E-state index is -3.29. The molecule has 0 aliphatic rings. The van der Waals surface area contributed by atoms with Gasteiger partial charge >= 0.3 is 0 Å². The normalized spacial score (nSPS) is 10.3. The van der Waals surface area contributed by atoms with Gasteiger partial charge in [0.05, 0.1) is 4.90 Å². The van der Waals surface area contributed by atoms with Gasteiger partial charge in [-0.1, -0.05) is 42.5 Å². The van der Waals surface area contributed by atoms with E-state index in [1.807, 2.05) is 30.3 Å². The predicted octanol–water partition coefficient (Wildman–Crippen LogP) is 2.94. The maximum absolute atomic E-state index is 11.5. The zero-order valence-corrected chi connectivity index (χ0v) is 12.6. The first kappa shape index (κ1) is 15.5. The molecule has 0 aromatic heterocycles. The molecule has 0 aliphatic heterocycles. The summed E-state index contributed by atoms with van der Waals surface area (Å²) >= 11 is 0. The molecule has 0 heterocycles. The molecule has 0 saturated carbocycles. The van der Waals surface area contributed by atoms with Crippen LogP contribution in [0.15, 0.2) is 65.1 Å². The number of nitriles is 2. The van der Waals surface area contributed by atoms with Crippen molar-refractivity contribution in [3.05, 3.63) is 71.3 Å². The van der Waals surface area contributed by atoms with E-state index in [-0.39, 0.29) is 10.5 Å². The van der Waals surface area contributed by atoms with E-state index in [0.29, 0.717) is 11.1 Å². The summed E-state index contributed by atoms with van der Waals surface area (Å²) in [5.74, 6) is 0. The number of hydrogen-bond acceptors (Lipinski definition) is 4.